The molecule has 3 heterocycles. The molecule has 3 rings (SSSR count). The zero-order chi connectivity index (χ0) is 10.9. The Kier molecular flexibility index (Phi) is 3.15. The fourth-order valence-corrected chi connectivity index (χ4v) is 3.62. The molecule has 2 nitrogen and oxygen atoms in total. The summed E-state index contributed by atoms with van der Waals surface area (Å²) in [5.74, 6) is 0.969. The monoisotopic (exact) mass is 209 g/mol. The lowest BCUT2D eigenvalue weighted by Gasteiger charge is -2.53. The van der Waals surface area contributed by atoms with Crippen molar-refractivity contribution in [2.24, 2.45) is 5.92 Å². The molecule has 2 bridgehead atoms. The third-order valence-corrected chi connectivity index (χ3v) is 4.26. The van der Waals surface area contributed by atoms with Crippen LogP contribution < -0.4 is 0 Å². The van der Waals surface area contributed by atoms with E-state index in [-0.39, 0.29) is 5.54 Å². The summed E-state index contributed by atoms with van der Waals surface area (Å²) in [6.45, 7) is 6.73. The first-order chi connectivity index (χ1) is 7.24. The van der Waals surface area contributed by atoms with Gasteiger partial charge in [0, 0.05) is 5.92 Å². The number of carbonyl (C=O) groups is 1. The number of fused-ring (bicyclic) bond motifs is 3. The number of ketones is 1. The lowest BCUT2D eigenvalue weighted by Crippen LogP contribution is -2.64. The number of carbonyl (C=O) groups excluding carboxylic acids is 1. The maximum absolute atomic E-state index is 12.4. The van der Waals surface area contributed by atoms with Gasteiger partial charge in [0.2, 0.25) is 0 Å². The SMILES string of the molecule is CCCC1(CCC)C(=O)C2CCN1CC2. The van der Waals surface area contributed by atoms with E-state index in [1.165, 1.54) is 0 Å². The zero-order valence-corrected chi connectivity index (χ0v) is 10.1. The number of hydrogen-bond acceptors (Lipinski definition) is 2. The number of rotatable bonds is 4. The van der Waals surface area contributed by atoms with Crippen LogP contribution in [0, 0.1) is 5.92 Å². The molecule has 0 spiro atoms. The van der Waals surface area contributed by atoms with Gasteiger partial charge in [-0.05, 0) is 38.8 Å². The molecule has 3 aliphatic heterocycles. The maximum atomic E-state index is 12.4. The van der Waals surface area contributed by atoms with E-state index in [1.54, 1.807) is 0 Å². The molecule has 0 aliphatic carbocycles. The van der Waals surface area contributed by atoms with E-state index in [0.29, 0.717) is 11.7 Å². The molecule has 0 aromatic heterocycles. The van der Waals surface area contributed by atoms with E-state index in [4.69, 9.17) is 0 Å². The van der Waals surface area contributed by atoms with Gasteiger partial charge in [-0.3, -0.25) is 9.69 Å². The average molecular weight is 209 g/mol. The molecule has 0 radical (unpaired) electrons. The third kappa shape index (κ3) is 1.63. The Morgan fingerprint density at radius 1 is 1.20 bits per heavy atom. The maximum Gasteiger partial charge on any atom is 0.156 e. The van der Waals surface area contributed by atoms with Crippen LogP contribution >= 0.6 is 0 Å². The van der Waals surface area contributed by atoms with Gasteiger partial charge in [0.1, 0.15) is 0 Å². The second kappa shape index (κ2) is 4.25. The topological polar surface area (TPSA) is 20.3 Å². The molecule has 0 unspecified atom stereocenters. The average Bonchev–Trinajstić information content (AvgIpc) is 2.26. The van der Waals surface area contributed by atoms with Gasteiger partial charge in [0.05, 0.1) is 5.54 Å². The Hall–Kier alpha value is -0.370. The van der Waals surface area contributed by atoms with E-state index < -0.39 is 0 Å². The van der Waals surface area contributed by atoms with Crippen LogP contribution in [0.5, 0.6) is 0 Å². The highest BCUT2D eigenvalue weighted by atomic mass is 16.1. The van der Waals surface area contributed by atoms with Crippen molar-refractivity contribution in [2.45, 2.75) is 57.9 Å². The van der Waals surface area contributed by atoms with Gasteiger partial charge >= 0.3 is 0 Å². The summed E-state index contributed by atoms with van der Waals surface area (Å²) < 4.78 is 0. The first kappa shape index (κ1) is 11.1. The van der Waals surface area contributed by atoms with Crippen molar-refractivity contribution < 1.29 is 4.79 Å². The summed E-state index contributed by atoms with van der Waals surface area (Å²) in [5.41, 5.74) is -0.0509. The van der Waals surface area contributed by atoms with Crippen molar-refractivity contribution in [1.29, 1.82) is 0 Å². The molecule has 3 fully saturated rings. The lowest BCUT2D eigenvalue weighted by molar-refractivity contribution is -0.149. The van der Waals surface area contributed by atoms with Crippen molar-refractivity contribution in [3.05, 3.63) is 0 Å². The van der Waals surface area contributed by atoms with Crippen molar-refractivity contribution in [3.63, 3.8) is 0 Å². The Bertz CT molecular complexity index is 235. The minimum atomic E-state index is -0.0509. The van der Waals surface area contributed by atoms with Gasteiger partial charge in [-0.2, -0.15) is 0 Å². The van der Waals surface area contributed by atoms with E-state index >= 15 is 0 Å². The summed E-state index contributed by atoms with van der Waals surface area (Å²) >= 11 is 0. The summed E-state index contributed by atoms with van der Waals surface area (Å²) in [6, 6.07) is 0. The van der Waals surface area contributed by atoms with Gasteiger partial charge in [-0.25, -0.2) is 0 Å². The molecule has 0 saturated carbocycles. The van der Waals surface area contributed by atoms with Gasteiger partial charge in [-0.15, -0.1) is 0 Å². The summed E-state index contributed by atoms with van der Waals surface area (Å²) in [7, 11) is 0. The van der Waals surface area contributed by atoms with Gasteiger partial charge < -0.3 is 0 Å². The fraction of sp³-hybridized carbons (Fsp3) is 0.923. The Morgan fingerprint density at radius 3 is 2.13 bits per heavy atom. The highest BCUT2D eigenvalue weighted by Crippen LogP contribution is 2.41. The molecule has 3 aliphatic rings. The Morgan fingerprint density at radius 2 is 1.73 bits per heavy atom. The molecular weight excluding hydrogens is 186 g/mol. The highest BCUT2D eigenvalue weighted by molar-refractivity contribution is 5.92. The predicted octanol–water partition coefficient (Wildman–Crippen LogP) is 2.62. The van der Waals surface area contributed by atoms with Crippen molar-refractivity contribution >= 4 is 5.78 Å². The fourth-order valence-electron chi connectivity index (χ4n) is 3.62. The van der Waals surface area contributed by atoms with Crippen molar-refractivity contribution in [2.75, 3.05) is 13.1 Å². The highest BCUT2D eigenvalue weighted by Gasteiger charge is 2.51. The molecule has 0 amide bonds. The normalized spacial score (nSPS) is 33.3. The van der Waals surface area contributed by atoms with E-state index in [9.17, 15) is 4.79 Å². The summed E-state index contributed by atoms with van der Waals surface area (Å²) in [6.07, 6.45) is 6.66. The minimum Gasteiger partial charge on any atom is -0.297 e. The molecule has 0 aromatic rings. The van der Waals surface area contributed by atoms with Crippen molar-refractivity contribution in [3.8, 4) is 0 Å². The standard InChI is InChI=1S/C13H23NO/c1-3-7-13(8-4-2)12(15)11-5-9-14(13)10-6-11/h11H,3-10H2,1-2H3. The van der Waals surface area contributed by atoms with Gasteiger partial charge in [0.15, 0.2) is 5.78 Å². The van der Waals surface area contributed by atoms with Crippen LogP contribution in [-0.2, 0) is 4.79 Å². The van der Waals surface area contributed by atoms with Crippen LogP contribution in [0.15, 0.2) is 0 Å². The second-order valence-corrected chi connectivity index (χ2v) is 5.16. The molecule has 15 heavy (non-hydrogen) atoms. The van der Waals surface area contributed by atoms with Crippen LogP contribution in [0.2, 0.25) is 0 Å². The molecule has 0 N–H and O–H groups in total. The smallest absolute Gasteiger partial charge is 0.156 e. The third-order valence-electron chi connectivity index (χ3n) is 4.26. The van der Waals surface area contributed by atoms with E-state index in [2.05, 4.69) is 18.7 Å². The molecule has 0 atom stereocenters. The van der Waals surface area contributed by atoms with Crippen LogP contribution in [0.3, 0.4) is 0 Å². The lowest BCUT2D eigenvalue weighted by atomic mass is 9.69. The first-order valence-corrected chi connectivity index (χ1v) is 6.54. The Balaban J connectivity index is 2.24. The second-order valence-electron chi connectivity index (χ2n) is 5.16. The minimum absolute atomic E-state index is 0.0509. The van der Waals surface area contributed by atoms with Crippen molar-refractivity contribution in [1.82, 2.24) is 4.90 Å². The number of nitrogens with zero attached hydrogens (tertiary/aromatic N) is 1. The molecule has 2 heteroatoms. The largest absolute Gasteiger partial charge is 0.297 e. The summed E-state index contributed by atoms with van der Waals surface area (Å²) in [4.78, 5) is 14.9. The molecule has 3 saturated heterocycles. The molecular formula is C13H23NO. The number of hydrogen-bond donors (Lipinski definition) is 0. The van der Waals surface area contributed by atoms with Crippen LogP contribution in [0.25, 0.3) is 0 Å². The number of Topliss-reactive ketones (excluding diaryl/α,β-unsaturated/α-hetero) is 1. The predicted molar refractivity (Wildman–Crippen MR) is 61.9 cm³/mol. The molecule has 86 valence electrons. The van der Waals surface area contributed by atoms with Gasteiger partial charge in [0.25, 0.3) is 0 Å². The van der Waals surface area contributed by atoms with Crippen LogP contribution in [-0.4, -0.2) is 29.3 Å². The molecule has 0 aromatic carbocycles. The first-order valence-electron chi connectivity index (χ1n) is 6.54. The number of piperidine rings is 3. The summed E-state index contributed by atoms with van der Waals surface area (Å²) in [5, 5.41) is 0. The quantitative estimate of drug-likeness (QED) is 0.709. The zero-order valence-electron chi connectivity index (χ0n) is 10.1. The van der Waals surface area contributed by atoms with E-state index in [0.717, 1.165) is 51.6 Å². The van der Waals surface area contributed by atoms with Crippen LogP contribution in [0.4, 0.5) is 0 Å². The van der Waals surface area contributed by atoms with Gasteiger partial charge in [-0.1, -0.05) is 26.7 Å². The Labute approximate surface area is 93.0 Å². The van der Waals surface area contributed by atoms with Crippen LogP contribution in [0.1, 0.15) is 52.4 Å². The van der Waals surface area contributed by atoms with E-state index in [1.807, 2.05) is 0 Å².